The first-order valence-electron chi connectivity index (χ1n) is 7.50. The lowest BCUT2D eigenvalue weighted by molar-refractivity contribution is 0.626. The molecule has 1 aromatic heterocycles. The van der Waals surface area contributed by atoms with Gasteiger partial charge < -0.3 is 4.57 Å². The lowest BCUT2D eigenvalue weighted by Crippen LogP contribution is -2.03. The summed E-state index contributed by atoms with van der Waals surface area (Å²) >= 11 is 0. The first-order valence-corrected chi connectivity index (χ1v) is 7.50. The quantitative estimate of drug-likeness (QED) is 0.681. The second kappa shape index (κ2) is 6.10. The van der Waals surface area contributed by atoms with Crippen LogP contribution >= 0.6 is 0 Å². The third kappa shape index (κ3) is 3.02. The third-order valence-electron chi connectivity index (χ3n) is 4.15. The first-order chi connectivity index (χ1) is 11.1. The smallest absolute Gasteiger partial charge is 0.123 e. The molecule has 2 nitrogen and oxygen atoms in total. The van der Waals surface area contributed by atoms with E-state index in [0.717, 1.165) is 28.1 Å². The molecule has 3 heteroatoms. The minimum Gasteiger partial charge on any atom is -0.344 e. The number of hydrogen-bond acceptors (Lipinski definition) is 1. The summed E-state index contributed by atoms with van der Waals surface area (Å²) in [6.07, 6.45) is 0. The lowest BCUT2D eigenvalue weighted by Gasteiger charge is -2.10. The molecule has 0 fully saturated rings. The Morgan fingerprint density at radius 1 is 1.00 bits per heavy atom. The number of hydrogen-bond donors (Lipinski definition) is 0. The number of nitrogens with zero attached hydrogens (tertiary/aromatic N) is 2. The van der Waals surface area contributed by atoms with Crippen molar-refractivity contribution < 1.29 is 4.39 Å². The minimum absolute atomic E-state index is 0.215. The Morgan fingerprint density at radius 3 is 2.26 bits per heavy atom. The summed E-state index contributed by atoms with van der Waals surface area (Å²) in [6, 6.07) is 18.5. The Labute approximate surface area is 135 Å². The van der Waals surface area contributed by atoms with Crippen LogP contribution in [0.1, 0.15) is 22.5 Å². The largest absolute Gasteiger partial charge is 0.344 e. The Hall–Kier alpha value is -2.86. The molecule has 0 N–H and O–H groups in total. The summed E-state index contributed by atoms with van der Waals surface area (Å²) in [7, 11) is 0. The van der Waals surface area contributed by atoms with Crippen LogP contribution in [0, 0.1) is 31.0 Å². The number of aromatic nitrogens is 1. The predicted octanol–water partition coefficient (Wildman–Crippen LogP) is 4.83. The van der Waals surface area contributed by atoms with Crippen molar-refractivity contribution in [3.8, 4) is 17.2 Å². The van der Waals surface area contributed by atoms with Gasteiger partial charge in [0.2, 0.25) is 0 Å². The summed E-state index contributed by atoms with van der Waals surface area (Å²) in [5.41, 5.74) is 6.31. The van der Waals surface area contributed by atoms with Gasteiger partial charge in [-0.25, -0.2) is 4.39 Å². The zero-order valence-electron chi connectivity index (χ0n) is 13.2. The van der Waals surface area contributed by atoms with E-state index in [2.05, 4.69) is 30.6 Å². The molecule has 0 radical (unpaired) electrons. The zero-order chi connectivity index (χ0) is 16.4. The van der Waals surface area contributed by atoms with E-state index in [9.17, 15) is 4.39 Å². The van der Waals surface area contributed by atoms with Crippen LogP contribution < -0.4 is 0 Å². The highest BCUT2D eigenvalue weighted by Gasteiger charge is 2.11. The van der Waals surface area contributed by atoms with Crippen LogP contribution in [0.3, 0.4) is 0 Å². The topological polar surface area (TPSA) is 28.7 Å². The maximum absolute atomic E-state index is 13.0. The highest BCUT2D eigenvalue weighted by atomic mass is 19.1. The number of nitriles is 1. The molecule has 23 heavy (non-hydrogen) atoms. The molecule has 3 aromatic rings. The predicted molar refractivity (Wildman–Crippen MR) is 89.6 cm³/mol. The van der Waals surface area contributed by atoms with Crippen molar-refractivity contribution in [3.63, 3.8) is 0 Å². The average molecular weight is 304 g/mol. The van der Waals surface area contributed by atoms with Gasteiger partial charge in [0.25, 0.3) is 0 Å². The van der Waals surface area contributed by atoms with E-state index in [4.69, 9.17) is 5.26 Å². The summed E-state index contributed by atoms with van der Waals surface area (Å²) in [4.78, 5) is 0. The average Bonchev–Trinajstić information content (AvgIpc) is 2.85. The monoisotopic (exact) mass is 304 g/mol. The van der Waals surface area contributed by atoms with E-state index in [1.165, 1.54) is 12.1 Å². The molecule has 2 aromatic carbocycles. The molecule has 1 heterocycles. The van der Waals surface area contributed by atoms with Crippen LogP contribution in [0.5, 0.6) is 0 Å². The molecule has 0 bridgehead atoms. The molecule has 0 saturated heterocycles. The standard InChI is InChI=1S/C20H17FN2/c1-14-11-20(18-7-3-16(12-22)4-8-18)15(2)23(14)13-17-5-9-19(21)10-6-17/h3-11H,13H2,1-2H3. The highest BCUT2D eigenvalue weighted by Crippen LogP contribution is 2.27. The van der Waals surface area contributed by atoms with E-state index in [0.29, 0.717) is 12.1 Å². The van der Waals surface area contributed by atoms with Gasteiger partial charge in [0.1, 0.15) is 5.82 Å². The van der Waals surface area contributed by atoms with Gasteiger partial charge in [-0.2, -0.15) is 5.26 Å². The van der Waals surface area contributed by atoms with E-state index in [1.807, 2.05) is 36.4 Å². The van der Waals surface area contributed by atoms with Crippen LogP contribution in [-0.4, -0.2) is 4.57 Å². The molecule has 0 aliphatic heterocycles. The fraction of sp³-hybridized carbons (Fsp3) is 0.150. The van der Waals surface area contributed by atoms with Gasteiger partial charge >= 0.3 is 0 Å². The number of rotatable bonds is 3. The Bertz CT molecular complexity index is 866. The molecule has 0 spiro atoms. The molecule has 3 rings (SSSR count). The van der Waals surface area contributed by atoms with E-state index >= 15 is 0 Å². The van der Waals surface area contributed by atoms with Crippen LogP contribution in [0.2, 0.25) is 0 Å². The SMILES string of the molecule is Cc1cc(-c2ccc(C#N)cc2)c(C)n1Cc1ccc(F)cc1. The van der Waals surface area contributed by atoms with E-state index in [-0.39, 0.29) is 5.82 Å². The van der Waals surface area contributed by atoms with Crippen molar-refractivity contribution in [2.75, 3.05) is 0 Å². The summed E-state index contributed by atoms with van der Waals surface area (Å²) in [6.45, 7) is 4.88. The van der Waals surface area contributed by atoms with Gasteiger partial charge in [0.15, 0.2) is 0 Å². The zero-order valence-corrected chi connectivity index (χ0v) is 13.2. The van der Waals surface area contributed by atoms with Gasteiger partial charge in [-0.05, 0) is 55.3 Å². The van der Waals surface area contributed by atoms with Crippen molar-refractivity contribution in [1.29, 1.82) is 5.26 Å². The van der Waals surface area contributed by atoms with Crippen molar-refractivity contribution in [2.45, 2.75) is 20.4 Å². The maximum atomic E-state index is 13.0. The molecule has 0 amide bonds. The Kier molecular flexibility index (Phi) is 3.99. The third-order valence-corrected chi connectivity index (χ3v) is 4.15. The minimum atomic E-state index is -0.215. The first kappa shape index (κ1) is 15.1. The second-order valence-electron chi connectivity index (χ2n) is 5.69. The van der Waals surface area contributed by atoms with Crippen molar-refractivity contribution in [3.05, 3.63) is 82.9 Å². The van der Waals surface area contributed by atoms with Crippen molar-refractivity contribution in [1.82, 2.24) is 4.57 Å². The maximum Gasteiger partial charge on any atom is 0.123 e. The van der Waals surface area contributed by atoms with Crippen LogP contribution in [-0.2, 0) is 6.54 Å². The summed E-state index contributed by atoms with van der Waals surface area (Å²) < 4.78 is 15.3. The molecule has 0 aliphatic carbocycles. The van der Waals surface area contributed by atoms with Crippen LogP contribution in [0.25, 0.3) is 11.1 Å². The molecular weight excluding hydrogens is 287 g/mol. The molecule has 0 saturated carbocycles. The highest BCUT2D eigenvalue weighted by molar-refractivity contribution is 5.68. The van der Waals surface area contributed by atoms with Gasteiger partial charge in [-0.15, -0.1) is 0 Å². The molecule has 0 unspecified atom stereocenters. The molecule has 0 aliphatic rings. The number of benzene rings is 2. The Morgan fingerprint density at radius 2 is 1.65 bits per heavy atom. The fourth-order valence-electron chi connectivity index (χ4n) is 2.83. The van der Waals surface area contributed by atoms with Crippen LogP contribution in [0.4, 0.5) is 4.39 Å². The lowest BCUT2D eigenvalue weighted by atomic mass is 10.0. The Balaban J connectivity index is 1.95. The second-order valence-corrected chi connectivity index (χ2v) is 5.69. The number of halogens is 1. The molecular formula is C20H17FN2. The normalized spacial score (nSPS) is 10.5. The van der Waals surface area contributed by atoms with Gasteiger partial charge in [-0.1, -0.05) is 24.3 Å². The summed E-state index contributed by atoms with van der Waals surface area (Å²) in [5, 5.41) is 8.90. The molecule has 114 valence electrons. The van der Waals surface area contributed by atoms with Crippen LogP contribution in [0.15, 0.2) is 54.6 Å². The van der Waals surface area contributed by atoms with Gasteiger partial charge in [0, 0.05) is 23.5 Å². The van der Waals surface area contributed by atoms with Gasteiger partial charge in [0.05, 0.1) is 11.6 Å². The van der Waals surface area contributed by atoms with Gasteiger partial charge in [-0.3, -0.25) is 0 Å². The fourth-order valence-corrected chi connectivity index (χ4v) is 2.83. The van der Waals surface area contributed by atoms with E-state index in [1.54, 1.807) is 0 Å². The number of aryl methyl sites for hydroxylation is 1. The van der Waals surface area contributed by atoms with Crippen molar-refractivity contribution >= 4 is 0 Å². The molecule has 0 atom stereocenters. The van der Waals surface area contributed by atoms with E-state index < -0.39 is 0 Å². The summed E-state index contributed by atoms with van der Waals surface area (Å²) in [5.74, 6) is -0.215. The van der Waals surface area contributed by atoms with Crippen molar-refractivity contribution in [2.24, 2.45) is 0 Å².